The van der Waals surface area contributed by atoms with Crippen LogP contribution in [0.1, 0.15) is 21.6 Å². The second kappa shape index (κ2) is 6.11. The average molecular weight is 348 g/mol. The van der Waals surface area contributed by atoms with Crippen molar-refractivity contribution in [3.05, 3.63) is 76.1 Å². The zero-order chi connectivity index (χ0) is 18.3. The Balaban J connectivity index is 1.76. The zero-order valence-corrected chi connectivity index (χ0v) is 14.5. The number of amides is 1. The summed E-state index contributed by atoms with van der Waals surface area (Å²) in [7, 11) is 1.74. The van der Waals surface area contributed by atoms with E-state index in [0.717, 1.165) is 11.1 Å². The van der Waals surface area contributed by atoms with Crippen LogP contribution in [0.3, 0.4) is 0 Å². The Labute approximate surface area is 148 Å². The van der Waals surface area contributed by atoms with Crippen molar-refractivity contribution in [2.75, 3.05) is 0 Å². The van der Waals surface area contributed by atoms with Crippen LogP contribution in [0, 0.1) is 6.92 Å². The lowest BCUT2D eigenvalue weighted by atomic mass is 10.2. The Hall–Kier alpha value is -3.48. The Kier molecular flexibility index (Phi) is 3.76. The highest BCUT2D eigenvalue weighted by Gasteiger charge is 2.18. The van der Waals surface area contributed by atoms with Crippen LogP contribution < -0.4 is 15.9 Å². The fourth-order valence-electron chi connectivity index (χ4n) is 3.06. The van der Waals surface area contributed by atoms with Gasteiger partial charge >= 0.3 is 0 Å². The molecule has 4 heterocycles. The number of carbonyl (C=O) groups is 1. The van der Waals surface area contributed by atoms with E-state index < -0.39 is 0 Å². The van der Waals surface area contributed by atoms with Crippen molar-refractivity contribution in [3.8, 4) is 0 Å². The van der Waals surface area contributed by atoms with Crippen molar-refractivity contribution in [1.29, 1.82) is 0 Å². The van der Waals surface area contributed by atoms with Gasteiger partial charge in [-0.25, -0.2) is 9.97 Å². The third-order valence-electron chi connectivity index (χ3n) is 4.48. The van der Waals surface area contributed by atoms with Crippen LogP contribution in [0.25, 0.3) is 16.7 Å². The molecule has 0 fully saturated rings. The van der Waals surface area contributed by atoms with Crippen molar-refractivity contribution in [1.82, 2.24) is 19.3 Å². The number of fused-ring (bicyclic) bond motifs is 2. The van der Waals surface area contributed by atoms with Gasteiger partial charge in [0.05, 0.1) is 5.39 Å². The number of aromatic nitrogens is 4. The minimum absolute atomic E-state index is 0.180. The summed E-state index contributed by atoms with van der Waals surface area (Å²) in [5.74, 6) is -0.250. The molecule has 0 radical (unpaired) electrons. The molecule has 0 saturated carbocycles. The number of hydrogen-bond donors (Lipinski definition) is 1. The van der Waals surface area contributed by atoms with Gasteiger partial charge in [-0.15, -0.1) is 0 Å². The highest BCUT2D eigenvalue weighted by molar-refractivity contribution is 5.98. The molecule has 0 saturated heterocycles. The quantitative estimate of drug-likeness (QED) is 0.605. The molecule has 0 aliphatic rings. The van der Waals surface area contributed by atoms with Crippen LogP contribution in [0.4, 0.5) is 0 Å². The van der Waals surface area contributed by atoms with Gasteiger partial charge in [0.1, 0.15) is 17.0 Å². The fraction of sp³-hybridized carbons (Fsp3) is 0.158. The standard InChI is InChI=1S/C19H17N5O2/c1-12-5-4-8-24-16(12)22-17-14(19(24)26)9-15(23(17)2)18(25)21-11-13-6-3-7-20-10-13/h3-10H,11H2,1-2H3,(H,21,25)/p+1. The Morgan fingerprint density at radius 1 is 1.27 bits per heavy atom. The van der Waals surface area contributed by atoms with Crippen LogP contribution in [0.2, 0.25) is 0 Å². The summed E-state index contributed by atoms with van der Waals surface area (Å²) in [6.45, 7) is 2.30. The van der Waals surface area contributed by atoms with Gasteiger partial charge in [-0.3, -0.25) is 14.0 Å². The van der Waals surface area contributed by atoms with Gasteiger partial charge in [-0.2, -0.15) is 0 Å². The minimum atomic E-state index is -0.250. The normalized spacial score (nSPS) is 11.2. The summed E-state index contributed by atoms with van der Waals surface area (Å²) in [6.07, 6.45) is 5.32. The smallest absolute Gasteiger partial charge is 0.268 e. The predicted molar refractivity (Wildman–Crippen MR) is 96.8 cm³/mol. The maximum Gasteiger partial charge on any atom is 0.268 e. The monoisotopic (exact) mass is 348 g/mol. The topological polar surface area (TPSA) is 82.5 Å². The summed E-state index contributed by atoms with van der Waals surface area (Å²) >= 11 is 0. The first-order chi connectivity index (χ1) is 12.6. The van der Waals surface area contributed by atoms with Crippen LogP contribution in [0.15, 0.2) is 53.7 Å². The molecule has 2 N–H and O–H groups in total. The third kappa shape index (κ3) is 2.54. The maximum atomic E-state index is 12.8. The van der Waals surface area contributed by atoms with Crippen molar-refractivity contribution < 1.29 is 9.78 Å². The Morgan fingerprint density at radius 3 is 2.88 bits per heavy atom. The highest BCUT2D eigenvalue weighted by Crippen LogP contribution is 2.16. The molecule has 4 rings (SSSR count). The van der Waals surface area contributed by atoms with Gasteiger partial charge in [0, 0.05) is 31.4 Å². The number of pyridine rings is 2. The fourth-order valence-corrected chi connectivity index (χ4v) is 3.06. The molecule has 0 aromatic carbocycles. The molecule has 0 unspecified atom stereocenters. The number of nitrogens with zero attached hydrogens (tertiary/aromatic N) is 3. The van der Waals surface area contributed by atoms with Crippen molar-refractivity contribution >= 4 is 22.6 Å². The molecule has 130 valence electrons. The molecular formula is C19H18N5O2+. The van der Waals surface area contributed by atoms with Gasteiger partial charge in [-0.05, 0) is 30.7 Å². The Morgan fingerprint density at radius 2 is 2.12 bits per heavy atom. The van der Waals surface area contributed by atoms with Gasteiger partial charge in [-0.1, -0.05) is 6.07 Å². The largest absolute Gasteiger partial charge is 0.346 e. The summed E-state index contributed by atoms with van der Waals surface area (Å²) in [5, 5.41) is 3.30. The molecule has 7 nitrogen and oxygen atoms in total. The molecule has 26 heavy (non-hydrogen) atoms. The number of aromatic amines is 1. The molecule has 0 aliphatic heterocycles. The number of hydrogen-bond acceptors (Lipinski definition) is 3. The average Bonchev–Trinajstić information content (AvgIpc) is 2.99. The van der Waals surface area contributed by atoms with Gasteiger partial charge in [0.25, 0.3) is 11.5 Å². The second-order valence-electron chi connectivity index (χ2n) is 6.22. The van der Waals surface area contributed by atoms with E-state index in [1.54, 1.807) is 30.1 Å². The SMILES string of the molecule is Cc1cccn2c(=O)c3cc(C(=O)NCc4ccc[nH+]c4)n(C)c3nc12. The van der Waals surface area contributed by atoms with Gasteiger partial charge in [0.2, 0.25) is 0 Å². The lowest BCUT2D eigenvalue weighted by Crippen LogP contribution is -2.25. The number of aryl methyl sites for hydroxylation is 2. The van der Waals surface area contributed by atoms with Gasteiger partial charge < -0.3 is 9.88 Å². The first-order valence-electron chi connectivity index (χ1n) is 8.27. The Bertz CT molecular complexity index is 1190. The highest BCUT2D eigenvalue weighted by atomic mass is 16.2. The summed E-state index contributed by atoms with van der Waals surface area (Å²) in [5.41, 5.74) is 3.18. The van der Waals surface area contributed by atoms with E-state index >= 15 is 0 Å². The first kappa shape index (κ1) is 16.0. The van der Waals surface area contributed by atoms with E-state index in [9.17, 15) is 9.59 Å². The lowest BCUT2D eigenvalue weighted by Gasteiger charge is -2.06. The van der Waals surface area contributed by atoms with E-state index in [4.69, 9.17) is 0 Å². The first-order valence-corrected chi connectivity index (χ1v) is 8.27. The number of rotatable bonds is 3. The molecule has 0 bridgehead atoms. The lowest BCUT2D eigenvalue weighted by molar-refractivity contribution is -0.378. The van der Waals surface area contributed by atoms with Crippen LogP contribution in [-0.2, 0) is 13.6 Å². The molecule has 4 aromatic rings. The second-order valence-corrected chi connectivity index (χ2v) is 6.22. The van der Waals surface area contributed by atoms with Crippen molar-refractivity contribution in [3.63, 3.8) is 0 Å². The molecule has 0 spiro atoms. The zero-order valence-electron chi connectivity index (χ0n) is 14.5. The molecule has 7 heteroatoms. The van der Waals surface area contributed by atoms with E-state index in [1.165, 1.54) is 4.40 Å². The minimum Gasteiger partial charge on any atom is -0.346 e. The maximum absolute atomic E-state index is 12.8. The van der Waals surface area contributed by atoms with E-state index in [0.29, 0.717) is 28.9 Å². The summed E-state index contributed by atoms with van der Waals surface area (Å²) in [4.78, 5) is 33.0. The van der Waals surface area contributed by atoms with Crippen LogP contribution >= 0.6 is 0 Å². The van der Waals surface area contributed by atoms with Crippen LogP contribution in [0.5, 0.6) is 0 Å². The predicted octanol–water partition coefficient (Wildman–Crippen LogP) is 1.24. The van der Waals surface area contributed by atoms with E-state index in [1.807, 2.05) is 37.4 Å². The van der Waals surface area contributed by atoms with E-state index in [-0.39, 0.29) is 11.5 Å². The number of H-pyrrole nitrogens is 1. The molecule has 4 aromatic heterocycles. The summed E-state index contributed by atoms with van der Waals surface area (Å²) < 4.78 is 3.18. The molecule has 1 amide bonds. The number of nitrogens with one attached hydrogen (secondary N) is 2. The van der Waals surface area contributed by atoms with Crippen LogP contribution in [-0.4, -0.2) is 19.9 Å². The van der Waals surface area contributed by atoms with Gasteiger partial charge in [0.15, 0.2) is 12.4 Å². The third-order valence-corrected chi connectivity index (χ3v) is 4.48. The van der Waals surface area contributed by atoms with Crippen molar-refractivity contribution in [2.45, 2.75) is 13.5 Å². The molecular weight excluding hydrogens is 330 g/mol. The summed E-state index contributed by atoms with van der Waals surface area (Å²) in [6, 6.07) is 9.11. The molecule has 0 atom stereocenters. The number of carbonyl (C=O) groups excluding carboxylic acids is 1. The van der Waals surface area contributed by atoms with E-state index in [2.05, 4.69) is 15.3 Å². The van der Waals surface area contributed by atoms with Crippen molar-refractivity contribution in [2.24, 2.45) is 7.05 Å². The molecule has 0 aliphatic carbocycles.